The van der Waals surface area contributed by atoms with E-state index in [1.165, 1.54) is 18.7 Å². The van der Waals surface area contributed by atoms with Crippen LogP contribution in [0, 0.1) is 11.8 Å². The molecule has 0 aromatic carbocycles. The average Bonchev–Trinajstić information content (AvgIpc) is 2.10. The Balaban J connectivity index is 3.39. The lowest BCUT2D eigenvalue weighted by Gasteiger charge is -2.19. The average molecular weight is 189 g/mol. The predicted molar refractivity (Wildman–Crippen MR) is 59.9 cm³/mol. The first-order valence-corrected chi connectivity index (χ1v) is 6.31. The molecule has 0 aliphatic carbocycles. The molecule has 1 N–H and O–H groups in total. The minimum absolute atomic E-state index is 0.817. The number of hydrogen-bond donors (Lipinski definition) is 1. The highest BCUT2D eigenvalue weighted by atomic mass is 32.2. The van der Waals surface area contributed by atoms with Crippen molar-refractivity contribution >= 4 is 11.8 Å². The van der Waals surface area contributed by atoms with E-state index >= 15 is 0 Å². The standard InChI is InChI=1S/C10H23NS/c1-5-11-8-10(3)9(2)6-7-12-4/h9-11H,5-8H2,1-4H3. The molecule has 2 atom stereocenters. The van der Waals surface area contributed by atoms with Crippen molar-refractivity contribution in [2.75, 3.05) is 25.1 Å². The highest BCUT2D eigenvalue weighted by Gasteiger charge is 2.10. The van der Waals surface area contributed by atoms with Gasteiger partial charge in [0, 0.05) is 0 Å². The Kier molecular flexibility index (Phi) is 8.14. The van der Waals surface area contributed by atoms with Gasteiger partial charge in [0.05, 0.1) is 0 Å². The molecule has 1 nitrogen and oxygen atoms in total. The molecule has 0 saturated carbocycles. The van der Waals surface area contributed by atoms with E-state index in [4.69, 9.17) is 0 Å². The van der Waals surface area contributed by atoms with Gasteiger partial charge in [-0.1, -0.05) is 20.8 Å². The van der Waals surface area contributed by atoms with E-state index in [1.807, 2.05) is 11.8 Å². The highest BCUT2D eigenvalue weighted by molar-refractivity contribution is 7.98. The second kappa shape index (κ2) is 7.93. The molecule has 0 saturated heterocycles. The highest BCUT2D eigenvalue weighted by Crippen LogP contribution is 2.16. The summed E-state index contributed by atoms with van der Waals surface area (Å²) in [4.78, 5) is 0. The van der Waals surface area contributed by atoms with Gasteiger partial charge in [0.1, 0.15) is 0 Å². The van der Waals surface area contributed by atoms with Gasteiger partial charge in [-0.05, 0) is 43.4 Å². The van der Waals surface area contributed by atoms with E-state index in [0.29, 0.717) is 0 Å². The molecule has 0 rings (SSSR count). The van der Waals surface area contributed by atoms with Gasteiger partial charge >= 0.3 is 0 Å². The monoisotopic (exact) mass is 189 g/mol. The zero-order valence-electron chi connectivity index (χ0n) is 8.89. The molecule has 74 valence electrons. The molecule has 0 heterocycles. The molecular formula is C10H23NS. The van der Waals surface area contributed by atoms with Gasteiger partial charge in [-0.3, -0.25) is 0 Å². The van der Waals surface area contributed by atoms with E-state index in [2.05, 4.69) is 32.3 Å². The van der Waals surface area contributed by atoms with E-state index in [-0.39, 0.29) is 0 Å². The molecule has 0 spiro atoms. The molecule has 0 bridgehead atoms. The van der Waals surface area contributed by atoms with Crippen LogP contribution in [0.3, 0.4) is 0 Å². The lowest BCUT2D eigenvalue weighted by Crippen LogP contribution is -2.25. The van der Waals surface area contributed by atoms with Crippen molar-refractivity contribution in [2.24, 2.45) is 11.8 Å². The third kappa shape index (κ3) is 5.90. The molecule has 0 aromatic rings. The van der Waals surface area contributed by atoms with Crippen LogP contribution in [-0.4, -0.2) is 25.1 Å². The fourth-order valence-electron chi connectivity index (χ4n) is 1.16. The molecule has 0 amide bonds. The van der Waals surface area contributed by atoms with Gasteiger partial charge in [-0.25, -0.2) is 0 Å². The Labute approximate surface area is 81.7 Å². The summed E-state index contributed by atoms with van der Waals surface area (Å²) in [6, 6.07) is 0. The molecule has 12 heavy (non-hydrogen) atoms. The smallest absolute Gasteiger partial charge is 0.00207 e. The summed E-state index contributed by atoms with van der Waals surface area (Å²) >= 11 is 1.95. The lowest BCUT2D eigenvalue weighted by atomic mass is 9.93. The van der Waals surface area contributed by atoms with Crippen LogP contribution in [0.1, 0.15) is 27.2 Å². The zero-order valence-corrected chi connectivity index (χ0v) is 9.71. The number of rotatable bonds is 7. The maximum Gasteiger partial charge on any atom is -0.00207 e. The van der Waals surface area contributed by atoms with Gasteiger partial charge in [-0.2, -0.15) is 11.8 Å². The van der Waals surface area contributed by atoms with Crippen LogP contribution in [0.25, 0.3) is 0 Å². The Morgan fingerprint density at radius 1 is 1.25 bits per heavy atom. The predicted octanol–water partition coefficient (Wildman–Crippen LogP) is 2.62. The van der Waals surface area contributed by atoms with Crippen molar-refractivity contribution in [1.82, 2.24) is 5.32 Å². The van der Waals surface area contributed by atoms with Crippen LogP contribution in [0.4, 0.5) is 0 Å². The third-order valence-electron chi connectivity index (χ3n) is 2.47. The third-order valence-corrected chi connectivity index (χ3v) is 3.11. The molecule has 0 aliphatic heterocycles. The van der Waals surface area contributed by atoms with Gasteiger partial charge in [0.15, 0.2) is 0 Å². The summed E-state index contributed by atoms with van der Waals surface area (Å²) in [5.74, 6) is 2.98. The molecule has 2 unspecified atom stereocenters. The SMILES string of the molecule is CCNCC(C)C(C)CCSC. The summed E-state index contributed by atoms with van der Waals surface area (Å²) in [6.45, 7) is 9.14. The quantitative estimate of drug-likeness (QED) is 0.661. The van der Waals surface area contributed by atoms with Gasteiger partial charge in [0.2, 0.25) is 0 Å². The molecule has 0 aromatic heterocycles. The Hall–Kier alpha value is 0.310. The maximum absolute atomic E-state index is 3.40. The second-order valence-corrected chi connectivity index (χ2v) is 4.53. The minimum Gasteiger partial charge on any atom is -0.317 e. The topological polar surface area (TPSA) is 12.0 Å². The Morgan fingerprint density at radius 3 is 2.42 bits per heavy atom. The summed E-state index contributed by atoms with van der Waals surface area (Å²) in [5, 5.41) is 3.40. The van der Waals surface area contributed by atoms with Crippen molar-refractivity contribution in [3.05, 3.63) is 0 Å². The summed E-state index contributed by atoms with van der Waals surface area (Å²) in [6.07, 6.45) is 3.54. The first kappa shape index (κ1) is 12.3. The van der Waals surface area contributed by atoms with Crippen LogP contribution in [0.2, 0.25) is 0 Å². The van der Waals surface area contributed by atoms with E-state index in [1.54, 1.807) is 0 Å². The minimum atomic E-state index is 0.817. The van der Waals surface area contributed by atoms with Gasteiger partial charge in [-0.15, -0.1) is 0 Å². The number of hydrogen-bond acceptors (Lipinski definition) is 2. The molecule has 0 fully saturated rings. The molecule has 0 radical (unpaired) electrons. The Morgan fingerprint density at radius 2 is 1.92 bits per heavy atom. The second-order valence-electron chi connectivity index (χ2n) is 3.54. The van der Waals surface area contributed by atoms with Crippen LogP contribution < -0.4 is 5.32 Å². The van der Waals surface area contributed by atoms with Crippen molar-refractivity contribution < 1.29 is 0 Å². The van der Waals surface area contributed by atoms with Crippen molar-refractivity contribution in [1.29, 1.82) is 0 Å². The summed E-state index contributed by atoms with van der Waals surface area (Å²) < 4.78 is 0. The van der Waals surface area contributed by atoms with E-state index < -0.39 is 0 Å². The zero-order chi connectivity index (χ0) is 9.40. The fourth-order valence-corrected chi connectivity index (χ4v) is 1.77. The lowest BCUT2D eigenvalue weighted by molar-refractivity contribution is 0.363. The van der Waals surface area contributed by atoms with E-state index in [0.717, 1.165) is 18.4 Å². The van der Waals surface area contributed by atoms with Gasteiger partial charge < -0.3 is 5.32 Å². The first-order chi connectivity index (χ1) is 5.72. The normalized spacial score (nSPS) is 16.0. The molecule has 0 aliphatic rings. The Bertz CT molecular complexity index is 83.8. The first-order valence-electron chi connectivity index (χ1n) is 4.92. The number of nitrogens with one attached hydrogen (secondary N) is 1. The van der Waals surface area contributed by atoms with E-state index in [9.17, 15) is 0 Å². The van der Waals surface area contributed by atoms with Gasteiger partial charge in [0.25, 0.3) is 0 Å². The van der Waals surface area contributed by atoms with Crippen LogP contribution in [0.15, 0.2) is 0 Å². The van der Waals surface area contributed by atoms with Crippen molar-refractivity contribution in [2.45, 2.75) is 27.2 Å². The molecule has 2 heteroatoms. The van der Waals surface area contributed by atoms with Crippen LogP contribution >= 0.6 is 11.8 Å². The summed E-state index contributed by atoms with van der Waals surface area (Å²) in [5.41, 5.74) is 0. The van der Waals surface area contributed by atoms with Crippen LogP contribution in [0.5, 0.6) is 0 Å². The molecular weight excluding hydrogens is 166 g/mol. The fraction of sp³-hybridized carbons (Fsp3) is 1.00. The van der Waals surface area contributed by atoms with Crippen molar-refractivity contribution in [3.8, 4) is 0 Å². The summed E-state index contributed by atoms with van der Waals surface area (Å²) in [7, 11) is 0. The largest absolute Gasteiger partial charge is 0.317 e. The van der Waals surface area contributed by atoms with Crippen LogP contribution in [-0.2, 0) is 0 Å². The number of thioether (sulfide) groups is 1. The maximum atomic E-state index is 3.40. The van der Waals surface area contributed by atoms with Crippen molar-refractivity contribution in [3.63, 3.8) is 0 Å².